The quantitative estimate of drug-likeness (QED) is 0.469. The van der Waals surface area contributed by atoms with Gasteiger partial charge in [0.25, 0.3) is 0 Å². The SMILES string of the molecule is CCCCC(=O)Nc1ccc(-c2ccc(N=NN)cc2)cc1. The number of nitrogens with zero attached hydrogens (tertiary/aromatic N) is 2. The number of hydrogen-bond donors (Lipinski definition) is 2. The normalized spacial score (nSPS) is 10.8. The highest BCUT2D eigenvalue weighted by atomic mass is 16.1. The monoisotopic (exact) mass is 296 g/mol. The van der Waals surface area contributed by atoms with Crippen molar-refractivity contribution in [3.05, 3.63) is 48.5 Å². The summed E-state index contributed by atoms with van der Waals surface area (Å²) in [6.07, 6.45) is 2.50. The van der Waals surface area contributed by atoms with Crippen LogP contribution in [0.15, 0.2) is 58.9 Å². The molecule has 2 aromatic carbocycles. The Morgan fingerprint density at radius 1 is 1.05 bits per heavy atom. The number of nitrogens with two attached hydrogens (primary N) is 1. The maximum absolute atomic E-state index is 11.7. The van der Waals surface area contributed by atoms with Gasteiger partial charge in [-0.2, -0.15) is 0 Å². The second-order valence-electron chi connectivity index (χ2n) is 4.99. The fourth-order valence-electron chi connectivity index (χ4n) is 2.09. The summed E-state index contributed by atoms with van der Waals surface area (Å²) in [4.78, 5) is 11.7. The van der Waals surface area contributed by atoms with Gasteiger partial charge in [0.05, 0.1) is 5.69 Å². The molecule has 0 saturated heterocycles. The topological polar surface area (TPSA) is 79.8 Å². The molecular weight excluding hydrogens is 276 g/mol. The van der Waals surface area contributed by atoms with Crippen LogP contribution in [0.5, 0.6) is 0 Å². The summed E-state index contributed by atoms with van der Waals surface area (Å²) in [5.74, 6) is 5.08. The van der Waals surface area contributed by atoms with Crippen LogP contribution in [0, 0.1) is 0 Å². The van der Waals surface area contributed by atoms with Gasteiger partial charge in [-0.3, -0.25) is 4.79 Å². The van der Waals surface area contributed by atoms with Crippen LogP contribution < -0.4 is 11.2 Å². The molecule has 5 nitrogen and oxygen atoms in total. The molecule has 0 saturated carbocycles. The van der Waals surface area contributed by atoms with Crippen LogP contribution in [0.1, 0.15) is 26.2 Å². The molecule has 5 heteroatoms. The zero-order chi connectivity index (χ0) is 15.8. The first-order valence-corrected chi connectivity index (χ1v) is 7.34. The van der Waals surface area contributed by atoms with E-state index in [1.807, 2.05) is 48.5 Å². The fourth-order valence-corrected chi connectivity index (χ4v) is 2.09. The first-order chi connectivity index (χ1) is 10.7. The summed E-state index contributed by atoms with van der Waals surface area (Å²) in [6.45, 7) is 2.07. The third-order valence-electron chi connectivity index (χ3n) is 3.30. The number of unbranched alkanes of at least 4 members (excludes halogenated alkanes) is 1. The summed E-state index contributed by atoms with van der Waals surface area (Å²) in [5.41, 5.74) is 3.67. The van der Waals surface area contributed by atoms with E-state index in [0.29, 0.717) is 12.1 Å². The van der Waals surface area contributed by atoms with Crippen molar-refractivity contribution >= 4 is 17.3 Å². The Labute approximate surface area is 130 Å². The molecule has 114 valence electrons. The Kier molecular flexibility index (Phi) is 5.65. The summed E-state index contributed by atoms with van der Waals surface area (Å²) in [7, 11) is 0. The number of carbonyl (C=O) groups excluding carboxylic acids is 1. The maximum atomic E-state index is 11.7. The minimum atomic E-state index is 0.0612. The van der Waals surface area contributed by atoms with Gasteiger partial charge in [0.15, 0.2) is 0 Å². The van der Waals surface area contributed by atoms with Crippen LogP contribution in [0.2, 0.25) is 0 Å². The highest BCUT2D eigenvalue weighted by molar-refractivity contribution is 5.90. The molecule has 1 amide bonds. The lowest BCUT2D eigenvalue weighted by Crippen LogP contribution is -2.10. The molecule has 0 heterocycles. The predicted molar refractivity (Wildman–Crippen MR) is 88.7 cm³/mol. The Bertz CT molecular complexity index is 633. The average Bonchev–Trinajstić information content (AvgIpc) is 2.55. The maximum Gasteiger partial charge on any atom is 0.224 e. The van der Waals surface area contributed by atoms with Crippen LogP contribution in [0.4, 0.5) is 11.4 Å². The number of amides is 1. The van der Waals surface area contributed by atoms with Crippen molar-refractivity contribution in [1.82, 2.24) is 0 Å². The van der Waals surface area contributed by atoms with Crippen LogP contribution >= 0.6 is 0 Å². The molecule has 0 radical (unpaired) electrons. The minimum absolute atomic E-state index is 0.0612. The number of nitrogens with one attached hydrogen (secondary N) is 1. The summed E-state index contributed by atoms with van der Waals surface area (Å²) in [6, 6.07) is 15.4. The zero-order valence-electron chi connectivity index (χ0n) is 12.6. The molecule has 0 aliphatic heterocycles. The van der Waals surface area contributed by atoms with Crippen molar-refractivity contribution in [2.75, 3.05) is 5.32 Å². The minimum Gasteiger partial charge on any atom is -0.326 e. The second-order valence-corrected chi connectivity index (χ2v) is 4.99. The van der Waals surface area contributed by atoms with Gasteiger partial charge in [-0.05, 0) is 41.8 Å². The zero-order valence-corrected chi connectivity index (χ0v) is 12.6. The van der Waals surface area contributed by atoms with Gasteiger partial charge < -0.3 is 11.2 Å². The highest BCUT2D eigenvalue weighted by Crippen LogP contribution is 2.24. The van der Waals surface area contributed by atoms with Crippen molar-refractivity contribution in [3.63, 3.8) is 0 Å². The molecular formula is C17H20N4O. The van der Waals surface area contributed by atoms with Crippen molar-refractivity contribution in [2.24, 2.45) is 16.2 Å². The molecule has 0 spiro atoms. The number of hydrogen-bond acceptors (Lipinski definition) is 3. The van der Waals surface area contributed by atoms with Crippen molar-refractivity contribution < 1.29 is 4.79 Å². The molecule has 0 bridgehead atoms. The number of carbonyl (C=O) groups is 1. The molecule has 2 rings (SSSR count). The molecule has 0 fully saturated rings. The van der Waals surface area contributed by atoms with Gasteiger partial charge in [0.1, 0.15) is 0 Å². The van der Waals surface area contributed by atoms with Crippen LogP contribution in [-0.2, 0) is 4.79 Å². The van der Waals surface area contributed by atoms with E-state index in [0.717, 1.165) is 29.7 Å². The number of benzene rings is 2. The van der Waals surface area contributed by atoms with Gasteiger partial charge in [0.2, 0.25) is 5.91 Å². The van der Waals surface area contributed by atoms with Crippen molar-refractivity contribution in [2.45, 2.75) is 26.2 Å². The van der Waals surface area contributed by atoms with Crippen molar-refractivity contribution in [1.29, 1.82) is 0 Å². The van der Waals surface area contributed by atoms with Gasteiger partial charge >= 0.3 is 0 Å². The lowest BCUT2D eigenvalue weighted by Gasteiger charge is -2.07. The Balaban J connectivity index is 2.03. The van der Waals surface area contributed by atoms with Gasteiger partial charge in [-0.15, -0.1) is 5.11 Å². The van der Waals surface area contributed by atoms with Gasteiger partial charge in [-0.1, -0.05) is 42.8 Å². The molecule has 2 aromatic rings. The third kappa shape index (κ3) is 4.41. The van der Waals surface area contributed by atoms with Crippen LogP contribution in [-0.4, -0.2) is 5.91 Å². The van der Waals surface area contributed by atoms with E-state index < -0.39 is 0 Å². The van der Waals surface area contributed by atoms with Gasteiger partial charge in [-0.25, -0.2) is 0 Å². The van der Waals surface area contributed by atoms with E-state index in [2.05, 4.69) is 22.6 Å². The Morgan fingerprint density at radius 2 is 1.64 bits per heavy atom. The smallest absolute Gasteiger partial charge is 0.224 e. The number of anilines is 1. The predicted octanol–water partition coefficient (Wildman–Crippen LogP) is 4.44. The Hall–Kier alpha value is -2.69. The second kappa shape index (κ2) is 7.93. The highest BCUT2D eigenvalue weighted by Gasteiger charge is 2.02. The summed E-state index contributed by atoms with van der Waals surface area (Å²) in [5, 5.41) is 9.92. The van der Waals surface area contributed by atoms with E-state index >= 15 is 0 Å². The molecule has 3 N–H and O–H groups in total. The lowest BCUT2D eigenvalue weighted by molar-refractivity contribution is -0.116. The standard InChI is InChI=1S/C17H20N4O/c1-2-3-4-17(22)19-15-9-5-13(6-10-15)14-7-11-16(12-8-14)20-21-18/h5-12H,2-4H2,1H3,(H2,18,20)(H,19,22). The van der Waals surface area contributed by atoms with Crippen molar-refractivity contribution in [3.8, 4) is 11.1 Å². The first kappa shape index (κ1) is 15.7. The van der Waals surface area contributed by atoms with E-state index in [-0.39, 0.29) is 5.91 Å². The summed E-state index contributed by atoms with van der Waals surface area (Å²) < 4.78 is 0. The van der Waals surface area contributed by atoms with E-state index in [1.165, 1.54) is 0 Å². The fraction of sp³-hybridized carbons (Fsp3) is 0.235. The van der Waals surface area contributed by atoms with E-state index in [4.69, 9.17) is 5.84 Å². The molecule has 0 atom stereocenters. The number of rotatable bonds is 6. The molecule has 0 aliphatic rings. The third-order valence-corrected chi connectivity index (χ3v) is 3.30. The average molecular weight is 296 g/mol. The first-order valence-electron chi connectivity index (χ1n) is 7.34. The van der Waals surface area contributed by atoms with Crippen LogP contribution in [0.3, 0.4) is 0 Å². The van der Waals surface area contributed by atoms with E-state index in [9.17, 15) is 4.79 Å². The molecule has 0 aliphatic carbocycles. The molecule has 22 heavy (non-hydrogen) atoms. The van der Waals surface area contributed by atoms with E-state index in [1.54, 1.807) is 0 Å². The largest absolute Gasteiger partial charge is 0.326 e. The summed E-state index contributed by atoms with van der Waals surface area (Å²) >= 11 is 0. The van der Waals surface area contributed by atoms with Crippen LogP contribution in [0.25, 0.3) is 11.1 Å². The molecule has 0 unspecified atom stereocenters. The van der Waals surface area contributed by atoms with Gasteiger partial charge in [0, 0.05) is 12.1 Å². The lowest BCUT2D eigenvalue weighted by atomic mass is 10.1. The molecule has 0 aromatic heterocycles. The Morgan fingerprint density at radius 3 is 2.18 bits per heavy atom.